The maximum atomic E-state index is 4.30. The molecule has 1 N–H and O–H groups in total. The van der Waals surface area contributed by atoms with E-state index in [1.807, 2.05) is 6.20 Å². The summed E-state index contributed by atoms with van der Waals surface area (Å²) in [6, 6.07) is 2.75. The topological polar surface area (TPSA) is 33.1 Å². The first-order chi connectivity index (χ1) is 8.33. The van der Waals surface area contributed by atoms with Gasteiger partial charge in [-0.1, -0.05) is 6.92 Å². The second kappa shape index (κ2) is 6.17. The summed E-state index contributed by atoms with van der Waals surface area (Å²) >= 11 is 0. The molecule has 0 aliphatic carbocycles. The van der Waals surface area contributed by atoms with Gasteiger partial charge in [0, 0.05) is 31.9 Å². The highest BCUT2D eigenvalue weighted by atomic mass is 15.3. The zero-order chi connectivity index (χ0) is 12.1. The second-order valence-electron chi connectivity index (χ2n) is 4.75. The van der Waals surface area contributed by atoms with Crippen LogP contribution in [0.15, 0.2) is 12.3 Å². The third-order valence-corrected chi connectivity index (χ3v) is 3.63. The van der Waals surface area contributed by atoms with Crippen LogP contribution in [-0.4, -0.2) is 40.4 Å². The minimum atomic E-state index is 0.643. The molecule has 0 amide bonds. The van der Waals surface area contributed by atoms with Gasteiger partial charge < -0.3 is 10.2 Å². The SMILES string of the molecule is CCN1CCCC(NCc2ccnn2CC)C1. The van der Waals surface area contributed by atoms with E-state index < -0.39 is 0 Å². The second-order valence-corrected chi connectivity index (χ2v) is 4.75. The number of aromatic nitrogens is 2. The summed E-state index contributed by atoms with van der Waals surface area (Å²) in [5.74, 6) is 0. The molecule has 17 heavy (non-hydrogen) atoms. The van der Waals surface area contributed by atoms with Gasteiger partial charge in [-0.25, -0.2) is 0 Å². The molecule has 4 heteroatoms. The largest absolute Gasteiger partial charge is 0.307 e. The van der Waals surface area contributed by atoms with Crippen molar-refractivity contribution < 1.29 is 0 Å². The van der Waals surface area contributed by atoms with Gasteiger partial charge in [-0.15, -0.1) is 0 Å². The van der Waals surface area contributed by atoms with E-state index in [0.29, 0.717) is 6.04 Å². The molecule has 0 bridgehead atoms. The number of piperidine rings is 1. The molecule has 1 fully saturated rings. The van der Waals surface area contributed by atoms with Crippen LogP contribution in [0.5, 0.6) is 0 Å². The first kappa shape index (κ1) is 12.6. The third-order valence-electron chi connectivity index (χ3n) is 3.63. The number of rotatable bonds is 5. The van der Waals surface area contributed by atoms with Crippen LogP contribution in [0, 0.1) is 0 Å². The predicted molar refractivity (Wildman–Crippen MR) is 69.9 cm³/mol. The lowest BCUT2D eigenvalue weighted by Gasteiger charge is -2.32. The van der Waals surface area contributed by atoms with Crippen LogP contribution < -0.4 is 5.32 Å². The lowest BCUT2D eigenvalue weighted by Crippen LogP contribution is -2.45. The van der Waals surface area contributed by atoms with Gasteiger partial charge in [-0.3, -0.25) is 4.68 Å². The van der Waals surface area contributed by atoms with E-state index in [-0.39, 0.29) is 0 Å². The van der Waals surface area contributed by atoms with Crippen LogP contribution in [0.25, 0.3) is 0 Å². The molecule has 1 aromatic rings. The first-order valence-electron chi connectivity index (χ1n) is 6.80. The van der Waals surface area contributed by atoms with Crippen molar-refractivity contribution in [2.24, 2.45) is 0 Å². The maximum Gasteiger partial charge on any atom is 0.0522 e. The number of likely N-dealkylation sites (tertiary alicyclic amines) is 1. The first-order valence-corrected chi connectivity index (χ1v) is 6.80. The fourth-order valence-electron chi connectivity index (χ4n) is 2.55. The van der Waals surface area contributed by atoms with Gasteiger partial charge in [0.05, 0.1) is 5.69 Å². The minimum absolute atomic E-state index is 0.643. The normalized spacial score (nSPS) is 21.9. The maximum absolute atomic E-state index is 4.30. The Kier molecular flexibility index (Phi) is 4.57. The predicted octanol–water partition coefficient (Wildman–Crippen LogP) is 1.48. The van der Waals surface area contributed by atoms with Gasteiger partial charge in [0.25, 0.3) is 0 Å². The van der Waals surface area contributed by atoms with E-state index in [9.17, 15) is 0 Å². The minimum Gasteiger partial charge on any atom is -0.307 e. The number of hydrogen-bond donors (Lipinski definition) is 1. The van der Waals surface area contributed by atoms with E-state index >= 15 is 0 Å². The van der Waals surface area contributed by atoms with Crippen molar-refractivity contribution in [1.29, 1.82) is 0 Å². The Labute approximate surface area is 104 Å². The van der Waals surface area contributed by atoms with E-state index in [4.69, 9.17) is 0 Å². The van der Waals surface area contributed by atoms with Crippen LogP contribution in [0.1, 0.15) is 32.4 Å². The van der Waals surface area contributed by atoms with Gasteiger partial charge in [0.15, 0.2) is 0 Å². The van der Waals surface area contributed by atoms with E-state index in [0.717, 1.165) is 13.1 Å². The third kappa shape index (κ3) is 3.30. The standard InChI is InChI=1S/C13H24N4/c1-3-16-9-5-6-12(11-16)14-10-13-7-8-15-17(13)4-2/h7-8,12,14H,3-6,9-11H2,1-2H3. The Morgan fingerprint density at radius 3 is 3.06 bits per heavy atom. The van der Waals surface area contributed by atoms with Crippen LogP contribution in [0.2, 0.25) is 0 Å². The Hall–Kier alpha value is -0.870. The number of hydrogen-bond acceptors (Lipinski definition) is 3. The zero-order valence-electron chi connectivity index (χ0n) is 11.0. The van der Waals surface area contributed by atoms with Crippen LogP contribution >= 0.6 is 0 Å². The van der Waals surface area contributed by atoms with Gasteiger partial charge in [0.1, 0.15) is 0 Å². The van der Waals surface area contributed by atoms with Crippen LogP contribution in [-0.2, 0) is 13.1 Å². The number of aryl methyl sites for hydroxylation is 1. The Bertz CT molecular complexity index is 334. The van der Waals surface area contributed by atoms with Gasteiger partial charge in [-0.2, -0.15) is 5.10 Å². The number of likely N-dealkylation sites (N-methyl/N-ethyl adjacent to an activating group) is 1. The summed E-state index contributed by atoms with van der Waals surface area (Å²) in [7, 11) is 0. The molecule has 1 aromatic heterocycles. The monoisotopic (exact) mass is 236 g/mol. The molecule has 2 heterocycles. The van der Waals surface area contributed by atoms with Crippen LogP contribution in [0.4, 0.5) is 0 Å². The molecule has 1 aliphatic rings. The zero-order valence-corrected chi connectivity index (χ0v) is 11.0. The molecule has 0 saturated carbocycles. The average molecular weight is 236 g/mol. The molecule has 0 radical (unpaired) electrons. The fourth-order valence-corrected chi connectivity index (χ4v) is 2.55. The van der Waals surface area contributed by atoms with Gasteiger partial charge in [0.2, 0.25) is 0 Å². The highest BCUT2D eigenvalue weighted by molar-refractivity contribution is 5.00. The number of nitrogens with zero attached hydrogens (tertiary/aromatic N) is 3. The molecule has 1 atom stereocenters. The highest BCUT2D eigenvalue weighted by Gasteiger charge is 2.18. The molecule has 1 saturated heterocycles. The summed E-state index contributed by atoms with van der Waals surface area (Å²) in [5, 5.41) is 7.96. The summed E-state index contributed by atoms with van der Waals surface area (Å²) < 4.78 is 2.06. The van der Waals surface area contributed by atoms with Gasteiger partial charge >= 0.3 is 0 Å². The Balaban J connectivity index is 1.81. The smallest absolute Gasteiger partial charge is 0.0522 e. The summed E-state index contributed by atoms with van der Waals surface area (Å²) in [6.45, 7) is 9.90. The summed E-state index contributed by atoms with van der Waals surface area (Å²) in [4.78, 5) is 2.53. The van der Waals surface area contributed by atoms with Crippen molar-refractivity contribution >= 4 is 0 Å². The van der Waals surface area contributed by atoms with E-state index in [2.05, 4.69) is 39.9 Å². The lowest BCUT2D eigenvalue weighted by molar-refractivity contribution is 0.197. The average Bonchev–Trinajstić information content (AvgIpc) is 2.84. The van der Waals surface area contributed by atoms with E-state index in [1.165, 1.54) is 38.2 Å². The molecule has 0 spiro atoms. The fraction of sp³-hybridized carbons (Fsp3) is 0.769. The van der Waals surface area contributed by atoms with Crippen molar-refractivity contribution in [1.82, 2.24) is 20.0 Å². The van der Waals surface area contributed by atoms with Crippen molar-refractivity contribution in [2.45, 2.75) is 45.8 Å². The Morgan fingerprint density at radius 1 is 1.41 bits per heavy atom. The Morgan fingerprint density at radius 2 is 2.29 bits per heavy atom. The van der Waals surface area contributed by atoms with Crippen LogP contribution in [0.3, 0.4) is 0 Å². The van der Waals surface area contributed by atoms with Crippen molar-refractivity contribution in [3.8, 4) is 0 Å². The molecule has 1 unspecified atom stereocenters. The van der Waals surface area contributed by atoms with Crippen molar-refractivity contribution in [3.05, 3.63) is 18.0 Å². The van der Waals surface area contributed by atoms with Gasteiger partial charge in [-0.05, 0) is 38.9 Å². The molecular weight excluding hydrogens is 212 g/mol. The number of nitrogens with one attached hydrogen (secondary N) is 1. The van der Waals surface area contributed by atoms with Crippen molar-refractivity contribution in [2.75, 3.05) is 19.6 Å². The molecule has 96 valence electrons. The molecule has 1 aliphatic heterocycles. The quantitative estimate of drug-likeness (QED) is 0.840. The molecule has 0 aromatic carbocycles. The lowest BCUT2D eigenvalue weighted by atomic mass is 10.1. The summed E-state index contributed by atoms with van der Waals surface area (Å²) in [6.07, 6.45) is 4.51. The van der Waals surface area contributed by atoms with E-state index in [1.54, 1.807) is 0 Å². The molecule has 4 nitrogen and oxygen atoms in total. The molecular formula is C13H24N4. The van der Waals surface area contributed by atoms with Crippen molar-refractivity contribution in [3.63, 3.8) is 0 Å². The molecule has 2 rings (SSSR count). The summed E-state index contributed by atoms with van der Waals surface area (Å²) in [5.41, 5.74) is 1.29. The highest BCUT2D eigenvalue weighted by Crippen LogP contribution is 2.10.